The summed E-state index contributed by atoms with van der Waals surface area (Å²) in [5.41, 5.74) is 21.5. The van der Waals surface area contributed by atoms with Gasteiger partial charge in [-0.1, -0.05) is 108 Å². The van der Waals surface area contributed by atoms with Crippen LogP contribution >= 0.6 is 0 Å². The second-order valence-electron chi connectivity index (χ2n) is 16.1. The predicted molar refractivity (Wildman–Crippen MR) is 204 cm³/mol. The zero-order chi connectivity index (χ0) is 33.2. The Morgan fingerprint density at radius 3 is 1.83 bits per heavy atom. The van der Waals surface area contributed by atoms with E-state index >= 15 is 0 Å². The maximum atomic E-state index is 2.58. The number of hydrogen-bond acceptors (Lipinski definition) is 1. The van der Waals surface area contributed by atoms with E-state index in [9.17, 15) is 0 Å². The maximum absolute atomic E-state index is 2.58. The third-order valence-corrected chi connectivity index (χ3v) is 10.8. The molecular formula is C44H45BN2. The molecule has 3 heteroatoms. The zero-order valence-electron chi connectivity index (χ0n) is 29.6. The van der Waals surface area contributed by atoms with E-state index in [1.807, 2.05) is 0 Å². The van der Waals surface area contributed by atoms with Crippen molar-refractivity contribution in [1.29, 1.82) is 0 Å². The molecule has 0 amide bonds. The number of anilines is 3. The molecule has 5 aromatic carbocycles. The van der Waals surface area contributed by atoms with Crippen molar-refractivity contribution in [3.63, 3.8) is 0 Å². The standard InChI is InChI=1S/C44H45BN2/c1-26-23-27(2)39(28(3)24-26)40-29(4)46-37-15-12-16-38-41(37)45(34-14-11-13-33(40)42(34)46)35-25-31(44(8,9)10)19-22-36(35)47(38)32-20-17-30(18-21-32)43(5,6)7/h11-25H,1-10H3. The van der Waals surface area contributed by atoms with E-state index in [-0.39, 0.29) is 17.5 Å². The van der Waals surface area contributed by atoms with Gasteiger partial charge in [0.2, 0.25) is 0 Å². The SMILES string of the molecule is Cc1cc(C)c(-c2c(C)n3c4c(cccc24)B2c4cc(C(C)(C)C)ccc4N(c4ccc(C(C)(C)C)cc4)c4cccc-3c42)c(C)c1. The number of aromatic nitrogens is 1. The van der Waals surface area contributed by atoms with Gasteiger partial charge in [0.05, 0.1) is 0 Å². The van der Waals surface area contributed by atoms with Crippen LogP contribution in [-0.2, 0) is 10.8 Å². The fourth-order valence-electron chi connectivity index (χ4n) is 8.59. The minimum absolute atomic E-state index is 0.0408. The molecule has 0 saturated carbocycles. The fraction of sp³-hybridized carbons (Fsp3) is 0.273. The largest absolute Gasteiger partial charge is 0.314 e. The van der Waals surface area contributed by atoms with Crippen molar-refractivity contribution < 1.29 is 0 Å². The van der Waals surface area contributed by atoms with Crippen molar-refractivity contribution in [3.05, 3.63) is 125 Å². The lowest BCUT2D eigenvalue weighted by atomic mass is 9.33. The van der Waals surface area contributed by atoms with Gasteiger partial charge >= 0.3 is 0 Å². The van der Waals surface area contributed by atoms with Crippen molar-refractivity contribution >= 4 is 51.1 Å². The minimum atomic E-state index is 0.0408. The Labute approximate surface area is 281 Å². The third kappa shape index (κ3) is 4.32. The molecule has 2 aliphatic heterocycles. The van der Waals surface area contributed by atoms with Gasteiger partial charge in [-0.2, -0.15) is 0 Å². The van der Waals surface area contributed by atoms with Gasteiger partial charge in [-0.3, -0.25) is 0 Å². The Bertz CT molecular complexity index is 2230. The lowest BCUT2D eigenvalue weighted by Crippen LogP contribution is -2.60. The predicted octanol–water partition coefficient (Wildman–Crippen LogP) is 9.74. The van der Waals surface area contributed by atoms with Gasteiger partial charge in [0.25, 0.3) is 6.71 Å². The van der Waals surface area contributed by atoms with Crippen LogP contribution < -0.4 is 21.3 Å². The average Bonchev–Trinajstić information content (AvgIpc) is 3.30. The summed E-state index contributed by atoms with van der Waals surface area (Å²) in [6.07, 6.45) is 0. The van der Waals surface area contributed by atoms with Crippen molar-refractivity contribution in [2.75, 3.05) is 4.90 Å². The number of benzene rings is 5. The molecule has 0 bridgehead atoms. The van der Waals surface area contributed by atoms with E-state index in [1.165, 1.54) is 94.7 Å². The number of aryl methyl sites for hydroxylation is 3. The molecule has 2 nitrogen and oxygen atoms in total. The maximum Gasteiger partial charge on any atom is 0.252 e. The Morgan fingerprint density at radius 2 is 1.17 bits per heavy atom. The van der Waals surface area contributed by atoms with Crippen LogP contribution in [0.5, 0.6) is 0 Å². The van der Waals surface area contributed by atoms with E-state index in [4.69, 9.17) is 0 Å². The van der Waals surface area contributed by atoms with Gasteiger partial charge in [-0.05, 0) is 113 Å². The fourth-order valence-corrected chi connectivity index (χ4v) is 8.59. The zero-order valence-corrected chi connectivity index (χ0v) is 29.6. The highest BCUT2D eigenvalue weighted by molar-refractivity contribution is 7.00. The first-order valence-electron chi connectivity index (χ1n) is 17.2. The van der Waals surface area contributed by atoms with E-state index in [0.717, 1.165) is 0 Å². The lowest BCUT2D eigenvalue weighted by molar-refractivity contribution is 0.590. The van der Waals surface area contributed by atoms with Crippen LogP contribution in [0.15, 0.2) is 91.0 Å². The third-order valence-electron chi connectivity index (χ3n) is 10.8. The van der Waals surface area contributed by atoms with E-state index in [0.29, 0.717) is 0 Å². The Kier molecular flexibility index (Phi) is 6.36. The quantitative estimate of drug-likeness (QED) is 0.177. The molecule has 2 aliphatic rings. The van der Waals surface area contributed by atoms with Gasteiger partial charge in [0.15, 0.2) is 0 Å². The van der Waals surface area contributed by atoms with Gasteiger partial charge in [-0.25, -0.2) is 0 Å². The van der Waals surface area contributed by atoms with Gasteiger partial charge in [-0.15, -0.1) is 0 Å². The summed E-state index contributed by atoms with van der Waals surface area (Å²) < 4.78 is 2.58. The van der Waals surface area contributed by atoms with Gasteiger partial charge in [0.1, 0.15) is 0 Å². The van der Waals surface area contributed by atoms with Gasteiger partial charge in [0, 0.05) is 44.9 Å². The first kappa shape index (κ1) is 29.9. The monoisotopic (exact) mass is 612 g/mol. The molecule has 6 aromatic rings. The molecule has 47 heavy (non-hydrogen) atoms. The van der Waals surface area contributed by atoms with Crippen molar-refractivity contribution in [3.8, 4) is 16.8 Å². The number of rotatable bonds is 2. The summed E-state index contributed by atoms with van der Waals surface area (Å²) in [6.45, 7) is 23.1. The highest BCUT2D eigenvalue weighted by atomic mass is 15.2. The summed E-state index contributed by atoms with van der Waals surface area (Å²) in [7, 11) is 0. The van der Waals surface area contributed by atoms with Crippen LogP contribution in [0, 0.1) is 27.7 Å². The summed E-state index contributed by atoms with van der Waals surface area (Å²) in [4.78, 5) is 2.52. The molecule has 1 aromatic heterocycles. The Morgan fingerprint density at radius 1 is 0.553 bits per heavy atom. The molecule has 0 unspecified atom stereocenters. The smallest absolute Gasteiger partial charge is 0.252 e. The molecule has 234 valence electrons. The number of para-hydroxylation sites is 1. The molecule has 0 saturated heterocycles. The second-order valence-corrected chi connectivity index (χ2v) is 16.1. The van der Waals surface area contributed by atoms with Crippen molar-refractivity contribution in [2.45, 2.75) is 80.1 Å². The summed E-state index contributed by atoms with van der Waals surface area (Å²) in [6, 6.07) is 35.2. The highest BCUT2D eigenvalue weighted by Gasteiger charge is 2.42. The van der Waals surface area contributed by atoms with Crippen LogP contribution in [0.3, 0.4) is 0 Å². The molecule has 0 spiro atoms. The Hall–Kier alpha value is -4.50. The number of hydrogen-bond donors (Lipinski definition) is 0. The van der Waals surface area contributed by atoms with Gasteiger partial charge < -0.3 is 9.47 Å². The molecule has 0 fully saturated rings. The molecule has 0 N–H and O–H groups in total. The summed E-state index contributed by atoms with van der Waals surface area (Å²) in [5.74, 6) is 0. The number of fused-ring (bicyclic) bond motifs is 4. The van der Waals surface area contributed by atoms with E-state index in [2.05, 4.69) is 170 Å². The molecule has 8 rings (SSSR count). The average molecular weight is 613 g/mol. The second kappa shape index (κ2) is 10.0. The molecule has 0 aliphatic carbocycles. The summed E-state index contributed by atoms with van der Waals surface area (Å²) >= 11 is 0. The molecule has 3 heterocycles. The van der Waals surface area contributed by atoms with Crippen LogP contribution in [0.25, 0.3) is 27.7 Å². The first-order valence-corrected chi connectivity index (χ1v) is 17.2. The van der Waals surface area contributed by atoms with Crippen molar-refractivity contribution in [1.82, 2.24) is 4.57 Å². The van der Waals surface area contributed by atoms with Crippen LogP contribution in [0.1, 0.15) is 75.1 Å². The van der Waals surface area contributed by atoms with Crippen LogP contribution in [0.2, 0.25) is 0 Å². The van der Waals surface area contributed by atoms with Crippen LogP contribution in [-0.4, -0.2) is 11.3 Å². The molecule has 0 atom stereocenters. The summed E-state index contributed by atoms with van der Waals surface area (Å²) in [5, 5.41) is 1.35. The van der Waals surface area contributed by atoms with E-state index < -0.39 is 0 Å². The molecule has 0 radical (unpaired) electrons. The highest BCUT2D eigenvalue weighted by Crippen LogP contribution is 2.44. The number of nitrogens with zero attached hydrogens (tertiary/aromatic N) is 2. The minimum Gasteiger partial charge on any atom is -0.314 e. The first-order chi connectivity index (χ1) is 22.3. The van der Waals surface area contributed by atoms with E-state index in [1.54, 1.807) is 0 Å². The Balaban J connectivity index is 1.47. The van der Waals surface area contributed by atoms with Crippen molar-refractivity contribution in [2.24, 2.45) is 0 Å². The molecular weight excluding hydrogens is 567 g/mol. The topological polar surface area (TPSA) is 8.17 Å². The normalized spacial score (nSPS) is 13.7. The lowest BCUT2D eigenvalue weighted by Gasteiger charge is -2.41. The van der Waals surface area contributed by atoms with Crippen LogP contribution in [0.4, 0.5) is 17.1 Å².